The number of allylic oxidation sites excluding steroid dienone is 3. The normalized spacial score (nSPS) is 30.8. The molecule has 3 fully saturated rings. The van der Waals surface area contributed by atoms with E-state index in [4.69, 9.17) is 18.9 Å². The molecule has 0 aromatic rings. The van der Waals surface area contributed by atoms with E-state index in [2.05, 4.69) is 30.9 Å². The highest BCUT2D eigenvalue weighted by molar-refractivity contribution is 7.58. The second kappa shape index (κ2) is 23.5. The summed E-state index contributed by atoms with van der Waals surface area (Å²) < 4.78 is 23.3. The maximum Gasteiger partial charge on any atom is 0.323 e. The van der Waals surface area contributed by atoms with Gasteiger partial charge in [-0.2, -0.15) is 0 Å². The molecule has 3 aliphatic rings. The van der Waals surface area contributed by atoms with Gasteiger partial charge in [-0.15, -0.1) is 0 Å². The number of nitrogens with one attached hydrogen (secondary N) is 1. The van der Waals surface area contributed by atoms with Gasteiger partial charge >= 0.3 is 5.97 Å². The molecule has 0 aromatic heterocycles. The molecule has 11 nitrogen and oxygen atoms in total. The Morgan fingerprint density at radius 3 is 2.40 bits per heavy atom. The lowest BCUT2D eigenvalue weighted by Crippen LogP contribution is -2.57. The molecule has 1 saturated carbocycles. The van der Waals surface area contributed by atoms with Gasteiger partial charge < -0.3 is 34.5 Å². The van der Waals surface area contributed by atoms with Crippen LogP contribution < -0.4 is 5.32 Å². The quantitative estimate of drug-likeness (QED) is 0.0435. The number of aldehydes is 1. The second-order valence-corrected chi connectivity index (χ2v) is 17.3. The summed E-state index contributed by atoms with van der Waals surface area (Å²) in [5.74, 6) is -3.74. The fraction of sp³-hybridized carbons (Fsp3) is 0.814. The van der Waals surface area contributed by atoms with E-state index >= 15 is 0 Å². The average molecular weight is 795 g/mol. The molecule has 0 aromatic carbocycles. The van der Waals surface area contributed by atoms with E-state index in [9.17, 15) is 29.4 Å². The summed E-state index contributed by atoms with van der Waals surface area (Å²) in [5.41, 5.74) is 1.96. The number of aliphatic hydroxyl groups is 2. The number of piperidine rings is 1. The SMILES string of the molecule is COC1C[C@@H](C)C(O)(C(=O)C=O)OC1CCC(C)C/C(C)=C/[C@@H](CCC[SH2+])C(=O)CC(O)C(C)[C@H](OC(=O)C1CCCCN1)/C(C)=C/[C@@H]1CCC[C@H](OC)C1. The fourth-order valence-electron chi connectivity index (χ4n) is 8.77. The van der Waals surface area contributed by atoms with Crippen LogP contribution in [-0.2, 0) is 50.8 Å². The molecule has 3 rings (SSSR count). The van der Waals surface area contributed by atoms with Crippen molar-refractivity contribution in [3.05, 3.63) is 23.3 Å². The highest BCUT2D eigenvalue weighted by Crippen LogP contribution is 2.37. The Kier molecular flexibility index (Phi) is 20.2. The fourth-order valence-corrected chi connectivity index (χ4v) is 8.97. The molecule has 7 unspecified atom stereocenters. The first-order valence-electron chi connectivity index (χ1n) is 20.8. The topological polar surface area (TPSA) is 158 Å². The van der Waals surface area contributed by atoms with Crippen molar-refractivity contribution >= 4 is 36.5 Å². The van der Waals surface area contributed by atoms with Crippen LogP contribution in [0.3, 0.4) is 0 Å². The molecule has 314 valence electrons. The van der Waals surface area contributed by atoms with Crippen molar-refractivity contribution in [3.8, 4) is 0 Å². The Morgan fingerprint density at radius 2 is 1.76 bits per heavy atom. The predicted octanol–water partition coefficient (Wildman–Crippen LogP) is 5.21. The predicted molar refractivity (Wildman–Crippen MR) is 217 cm³/mol. The van der Waals surface area contributed by atoms with Gasteiger partial charge in [-0.05, 0) is 121 Å². The number of aliphatic hydroxyl groups excluding tert-OH is 1. The summed E-state index contributed by atoms with van der Waals surface area (Å²) in [6.45, 7) is 10.4. The van der Waals surface area contributed by atoms with Crippen LogP contribution in [0.1, 0.15) is 125 Å². The van der Waals surface area contributed by atoms with Gasteiger partial charge in [0.05, 0.1) is 24.4 Å². The summed E-state index contributed by atoms with van der Waals surface area (Å²) in [5, 5.41) is 25.8. The third-order valence-corrected chi connectivity index (χ3v) is 12.6. The molecule has 12 atom stereocenters. The summed E-state index contributed by atoms with van der Waals surface area (Å²) in [7, 11) is 3.32. The van der Waals surface area contributed by atoms with Gasteiger partial charge in [0, 0.05) is 38.4 Å². The average Bonchev–Trinajstić information content (AvgIpc) is 3.18. The number of carbonyl (C=O) groups excluding carboxylic acids is 4. The third-order valence-electron chi connectivity index (χ3n) is 12.2. The van der Waals surface area contributed by atoms with Crippen LogP contribution in [0, 0.1) is 29.6 Å². The number of methoxy groups -OCH3 is 2. The van der Waals surface area contributed by atoms with Crippen LogP contribution in [-0.4, -0.2) is 103 Å². The first-order chi connectivity index (χ1) is 26.2. The number of hydrogen-bond donors (Lipinski definition) is 3. The molecule has 0 spiro atoms. The summed E-state index contributed by atoms with van der Waals surface area (Å²) >= 11 is 3.56. The van der Waals surface area contributed by atoms with Gasteiger partial charge in [-0.3, -0.25) is 19.2 Å². The van der Waals surface area contributed by atoms with E-state index in [1.54, 1.807) is 21.1 Å². The van der Waals surface area contributed by atoms with Crippen molar-refractivity contribution in [2.24, 2.45) is 29.6 Å². The molecule has 2 heterocycles. The third kappa shape index (κ3) is 14.1. The van der Waals surface area contributed by atoms with Gasteiger partial charge in [0.2, 0.25) is 5.79 Å². The Hall–Kier alpha value is -1.93. The van der Waals surface area contributed by atoms with Crippen LogP contribution in [0.2, 0.25) is 0 Å². The van der Waals surface area contributed by atoms with Crippen LogP contribution >= 0.6 is 0 Å². The van der Waals surface area contributed by atoms with Crippen LogP contribution in [0.15, 0.2) is 23.3 Å². The summed E-state index contributed by atoms with van der Waals surface area (Å²) in [6.07, 6.45) is 12.4. The Bertz CT molecular complexity index is 1300. The first kappa shape index (κ1) is 47.4. The highest BCUT2D eigenvalue weighted by atomic mass is 32.1. The maximum absolute atomic E-state index is 13.9. The second-order valence-electron chi connectivity index (χ2n) is 16.8. The van der Waals surface area contributed by atoms with Crippen molar-refractivity contribution in [1.82, 2.24) is 5.32 Å². The zero-order chi connectivity index (χ0) is 40.7. The number of esters is 1. The van der Waals surface area contributed by atoms with Gasteiger partial charge in [0.15, 0.2) is 6.29 Å². The number of hydrogen-bond acceptors (Lipinski definition) is 11. The lowest BCUT2D eigenvalue weighted by Gasteiger charge is -2.43. The monoisotopic (exact) mass is 794 g/mol. The molecule has 55 heavy (non-hydrogen) atoms. The number of ketones is 2. The van der Waals surface area contributed by atoms with Gasteiger partial charge in [-0.25, -0.2) is 0 Å². The van der Waals surface area contributed by atoms with Crippen LogP contribution in [0.5, 0.6) is 0 Å². The van der Waals surface area contributed by atoms with Crippen LogP contribution in [0.4, 0.5) is 0 Å². The van der Waals surface area contributed by atoms with Gasteiger partial charge in [0.1, 0.15) is 23.7 Å². The minimum Gasteiger partial charge on any atom is -0.456 e. The van der Waals surface area contributed by atoms with Crippen molar-refractivity contribution in [1.29, 1.82) is 0 Å². The zero-order valence-electron chi connectivity index (χ0n) is 34.6. The minimum atomic E-state index is -2.15. The van der Waals surface area contributed by atoms with Crippen LogP contribution in [0.25, 0.3) is 0 Å². The van der Waals surface area contributed by atoms with Gasteiger partial charge in [-0.1, -0.05) is 51.3 Å². The number of rotatable bonds is 22. The lowest BCUT2D eigenvalue weighted by molar-refractivity contribution is -0.285. The lowest BCUT2D eigenvalue weighted by atomic mass is 9.82. The molecular weight excluding hydrogens is 723 g/mol. The minimum absolute atomic E-state index is 0.0471. The molecule has 0 amide bonds. The number of Topliss-reactive ketones (excluding diaryl/α,β-unsaturated/α-hetero) is 2. The van der Waals surface area contributed by atoms with Crippen molar-refractivity contribution in [2.45, 2.75) is 167 Å². The Labute approximate surface area is 335 Å². The zero-order valence-corrected chi connectivity index (χ0v) is 35.6. The van der Waals surface area contributed by atoms with Crippen molar-refractivity contribution in [3.63, 3.8) is 0 Å². The number of ether oxygens (including phenoxy) is 4. The van der Waals surface area contributed by atoms with Crippen molar-refractivity contribution in [2.75, 3.05) is 26.5 Å². The summed E-state index contributed by atoms with van der Waals surface area (Å²) in [4.78, 5) is 50.8. The Balaban J connectivity index is 1.69. The molecular formula is C43H72NO10S+. The van der Waals surface area contributed by atoms with E-state index < -0.39 is 41.7 Å². The number of carbonyl (C=O) groups is 4. The van der Waals surface area contributed by atoms with Crippen molar-refractivity contribution < 1.29 is 48.3 Å². The highest BCUT2D eigenvalue weighted by Gasteiger charge is 2.50. The maximum atomic E-state index is 13.9. The molecule has 3 N–H and O–H groups in total. The summed E-state index contributed by atoms with van der Waals surface area (Å²) in [6, 6.07) is -0.373. The van der Waals surface area contributed by atoms with E-state index in [1.807, 2.05) is 26.8 Å². The molecule has 0 radical (unpaired) electrons. The van der Waals surface area contributed by atoms with E-state index in [0.29, 0.717) is 32.1 Å². The smallest absolute Gasteiger partial charge is 0.323 e. The first-order valence-corrected chi connectivity index (χ1v) is 21.5. The molecule has 0 bridgehead atoms. The Morgan fingerprint density at radius 1 is 1.02 bits per heavy atom. The molecule has 2 saturated heterocycles. The standard InChI is InChI=1S/C43H71NO10S/c1-27(16-17-38-39(52-7)23-30(4)43(50,54-38)40(48)26-45)20-28(2)21-33(13-11-19-55)37(47)25-36(46)31(5)41(53-42(49)35-15-8-9-18-44-35)29(3)22-32-12-10-14-34(24-32)51-6/h21-22,26-27,30-36,38-39,41,44,46,50,55H,8-20,23-25H2,1-7H3/p+1/b28-21+,29-22+/t27?,30-,31?,32+,33-,34+,35?,36?,38?,39?,41-,43?/m1/s1. The molecule has 12 heteroatoms. The molecule has 2 aliphatic heterocycles. The largest absolute Gasteiger partial charge is 0.456 e. The molecule has 1 aliphatic carbocycles. The van der Waals surface area contributed by atoms with E-state index in [-0.39, 0.29) is 60.5 Å². The van der Waals surface area contributed by atoms with Gasteiger partial charge in [0.25, 0.3) is 5.78 Å². The van der Waals surface area contributed by atoms with E-state index in [0.717, 1.165) is 74.8 Å². The van der Waals surface area contributed by atoms with E-state index in [1.165, 1.54) is 0 Å².